The number of rotatable bonds is 3. The monoisotopic (exact) mass is 306 g/mol. The molecule has 0 aromatic heterocycles. The minimum atomic E-state index is -3.50. The minimum absolute atomic E-state index is 0.0332. The highest BCUT2D eigenvalue weighted by Crippen LogP contribution is 2.19. The first-order valence-corrected chi connectivity index (χ1v) is 8.40. The minimum Gasteiger partial charge on any atom is -0.467 e. The fourth-order valence-electron chi connectivity index (χ4n) is 2.54. The Balaban J connectivity index is 2.06. The molecule has 2 aliphatic rings. The van der Waals surface area contributed by atoms with Crippen LogP contribution in [0.25, 0.3) is 0 Å². The lowest BCUT2D eigenvalue weighted by atomic mass is 10.2. The molecular formula is C12H22N2O5S. The summed E-state index contributed by atoms with van der Waals surface area (Å²) >= 11 is 0. The molecular weight excluding hydrogens is 284 g/mol. The van der Waals surface area contributed by atoms with E-state index in [1.54, 1.807) is 0 Å². The maximum absolute atomic E-state index is 12.6. The van der Waals surface area contributed by atoms with E-state index in [1.807, 2.05) is 0 Å². The maximum atomic E-state index is 12.6. The van der Waals surface area contributed by atoms with Crippen LogP contribution in [0.15, 0.2) is 0 Å². The van der Waals surface area contributed by atoms with Crippen molar-refractivity contribution in [2.75, 3.05) is 39.9 Å². The summed E-state index contributed by atoms with van der Waals surface area (Å²) in [6.07, 6.45) is 3.10. The number of esters is 1. The van der Waals surface area contributed by atoms with E-state index in [9.17, 15) is 13.2 Å². The van der Waals surface area contributed by atoms with E-state index in [4.69, 9.17) is 4.74 Å². The summed E-state index contributed by atoms with van der Waals surface area (Å²) in [5.41, 5.74) is 0. The quantitative estimate of drug-likeness (QED) is 0.685. The van der Waals surface area contributed by atoms with Crippen LogP contribution in [0.2, 0.25) is 0 Å². The van der Waals surface area contributed by atoms with Crippen LogP contribution in [0.4, 0.5) is 0 Å². The molecule has 0 radical (unpaired) electrons. The molecule has 2 heterocycles. The van der Waals surface area contributed by atoms with Crippen LogP contribution < -0.4 is 0 Å². The summed E-state index contributed by atoms with van der Waals surface area (Å²) in [6, 6.07) is 0. The average Bonchev–Trinajstić information content (AvgIpc) is 2.76. The number of morpholine rings is 1. The largest absolute Gasteiger partial charge is 0.467 e. The molecule has 20 heavy (non-hydrogen) atoms. The van der Waals surface area contributed by atoms with Gasteiger partial charge in [-0.25, -0.2) is 4.79 Å². The Hall–Kier alpha value is -0.700. The molecule has 0 saturated carbocycles. The highest BCUT2D eigenvalue weighted by molar-refractivity contribution is 7.86. The van der Waals surface area contributed by atoms with Crippen LogP contribution >= 0.6 is 0 Å². The molecule has 2 aliphatic heterocycles. The normalized spacial score (nSPS) is 26.9. The standard InChI is InChI=1S/C12H22N2O5S/c1-18-12(15)11-10-14(8-9-19-11)20(16,17)13-6-4-2-3-5-7-13/h11H,2-10H2,1H3. The molecule has 7 nitrogen and oxygen atoms in total. The number of hydrogen-bond donors (Lipinski definition) is 0. The highest BCUT2D eigenvalue weighted by Gasteiger charge is 2.36. The number of methoxy groups -OCH3 is 1. The van der Waals surface area contributed by atoms with E-state index in [-0.39, 0.29) is 19.7 Å². The first-order valence-electron chi connectivity index (χ1n) is 7.00. The van der Waals surface area contributed by atoms with E-state index in [1.165, 1.54) is 15.7 Å². The molecule has 1 atom stereocenters. The van der Waals surface area contributed by atoms with Crippen molar-refractivity contribution in [3.05, 3.63) is 0 Å². The number of carbonyl (C=O) groups excluding carboxylic acids is 1. The summed E-state index contributed by atoms with van der Waals surface area (Å²) < 4.78 is 37.9. The van der Waals surface area contributed by atoms with Gasteiger partial charge in [0.25, 0.3) is 10.2 Å². The van der Waals surface area contributed by atoms with E-state index in [0.717, 1.165) is 25.7 Å². The fourth-order valence-corrected chi connectivity index (χ4v) is 4.22. The molecule has 2 fully saturated rings. The van der Waals surface area contributed by atoms with E-state index in [2.05, 4.69) is 4.74 Å². The van der Waals surface area contributed by atoms with Crippen molar-refractivity contribution in [3.8, 4) is 0 Å². The van der Waals surface area contributed by atoms with Crippen LogP contribution in [0.3, 0.4) is 0 Å². The Morgan fingerprint density at radius 1 is 1.10 bits per heavy atom. The second-order valence-corrected chi connectivity index (χ2v) is 6.99. The third-order valence-corrected chi connectivity index (χ3v) is 5.71. The zero-order valence-electron chi connectivity index (χ0n) is 11.8. The second kappa shape index (κ2) is 6.84. The van der Waals surface area contributed by atoms with Crippen molar-refractivity contribution < 1.29 is 22.7 Å². The van der Waals surface area contributed by atoms with E-state index < -0.39 is 22.3 Å². The maximum Gasteiger partial charge on any atom is 0.336 e. The van der Waals surface area contributed by atoms with Gasteiger partial charge in [0, 0.05) is 19.6 Å². The van der Waals surface area contributed by atoms with Crippen molar-refractivity contribution in [3.63, 3.8) is 0 Å². The van der Waals surface area contributed by atoms with Gasteiger partial charge < -0.3 is 9.47 Å². The van der Waals surface area contributed by atoms with Crippen LogP contribution in [-0.2, 0) is 24.5 Å². The first kappa shape index (κ1) is 15.7. The second-order valence-electron chi connectivity index (χ2n) is 5.06. The molecule has 0 N–H and O–H groups in total. The Morgan fingerprint density at radius 3 is 2.35 bits per heavy atom. The van der Waals surface area contributed by atoms with Crippen molar-refractivity contribution in [1.29, 1.82) is 0 Å². The molecule has 0 aromatic rings. The molecule has 0 aromatic carbocycles. The van der Waals surface area contributed by atoms with Gasteiger partial charge in [0.1, 0.15) is 0 Å². The third-order valence-electron chi connectivity index (χ3n) is 3.71. The molecule has 1 unspecified atom stereocenters. The summed E-state index contributed by atoms with van der Waals surface area (Å²) in [4.78, 5) is 11.5. The number of nitrogens with zero attached hydrogens (tertiary/aromatic N) is 2. The van der Waals surface area contributed by atoms with Crippen LogP contribution in [0, 0.1) is 0 Å². The molecule has 0 spiro atoms. The SMILES string of the molecule is COC(=O)C1CN(S(=O)(=O)N2CCCCCC2)CCO1. The zero-order valence-corrected chi connectivity index (χ0v) is 12.6. The average molecular weight is 306 g/mol. The van der Waals surface area contributed by atoms with E-state index in [0.29, 0.717) is 13.1 Å². The smallest absolute Gasteiger partial charge is 0.336 e. The van der Waals surface area contributed by atoms with Crippen LogP contribution in [-0.4, -0.2) is 69.0 Å². The predicted molar refractivity (Wildman–Crippen MR) is 72.3 cm³/mol. The van der Waals surface area contributed by atoms with Crippen molar-refractivity contribution in [2.24, 2.45) is 0 Å². The first-order chi connectivity index (χ1) is 9.55. The predicted octanol–water partition coefficient (Wildman–Crippen LogP) is -0.0190. The third kappa shape index (κ3) is 3.49. The molecule has 0 aliphatic carbocycles. The fraction of sp³-hybridized carbons (Fsp3) is 0.917. The lowest BCUT2D eigenvalue weighted by Gasteiger charge is -2.34. The zero-order chi connectivity index (χ0) is 14.6. The summed E-state index contributed by atoms with van der Waals surface area (Å²) in [6.45, 7) is 1.65. The van der Waals surface area contributed by atoms with Gasteiger partial charge in [0.05, 0.1) is 20.3 Å². The van der Waals surface area contributed by atoms with E-state index >= 15 is 0 Å². The summed E-state index contributed by atoms with van der Waals surface area (Å²) in [5.74, 6) is -0.527. The Bertz CT molecular complexity index is 431. The van der Waals surface area contributed by atoms with Crippen molar-refractivity contribution in [1.82, 2.24) is 8.61 Å². The van der Waals surface area contributed by atoms with Crippen molar-refractivity contribution >= 4 is 16.2 Å². The van der Waals surface area contributed by atoms with Crippen LogP contribution in [0.1, 0.15) is 25.7 Å². The lowest BCUT2D eigenvalue weighted by molar-refractivity contribution is -0.157. The van der Waals surface area contributed by atoms with Crippen LogP contribution in [0.5, 0.6) is 0 Å². The Kier molecular flexibility index (Phi) is 5.36. The molecule has 2 saturated heterocycles. The number of ether oxygens (including phenoxy) is 2. The van der Waals surface area contributed by atoms with Gasteiger partial charge in [0.15, 0.2) is 6.10 Å². The lowest BCUT2D eigenvalue weighted by Crippen LogP contribution is -2.53. The Morgan fingerprint density at radius 2 is 1.75 bits per heavy atom. The van der Waals surface area contributed by atoms with Gasteiger partial charge in [-0.15, -0.1) is 0 Å². The van der Waals surface area contributed by atoms with Gasteiger partial charge in [-0.1, -0.05) is 12.8 Å². The van der Waals surface area contributed by atoms with Gasteiger partial charge in [0.2, 0.25) is 0 Å². The Labute approximate surface area is 120 Å². The topological polar surface area (TPSA) is 76.2 Å². The van der Waals surface area contributed by atoms with Gasteiger partial charge >= 0.3 is 5.97 Å². The number of carbonyl (C=O) groups is 1. The summed E-state index contributed by atoms with van der Waals surface area (Å²) in [7, 11) is -2.23. The molecule has 8 heteroatoms. The number of hydrogen-bond acceptors (Lipinski definition) is 5. The van der Waals surface area contributed by atoms with Crippen molar-refractivity contribution in [2.45, 2.75) is 31.8 Å². The molecule has 2 rings (SSSR count). The van der Waals surface area contributed by atoms with Gasteiger partial charge in [-0.3, -0.25) is 0 Å². The summed E-state index contributed by atoms with van der Waals surface area (Å²) in [5, 5.41) is 0. The highest BCUT2D eigenvalue weighted by atomic mass is 32.2. The molecule has 116 valence electrons. The van der Waals surface area contributed by atoms with Gasteiger partial charge in [-0.2, -0.15) is 17.0 Å². The van der Waals surface area contributed by atoms with Gasteiger partial charge in [-0.05, 0) is 12.8 Å². The molecule has 0 bridgehead atoms. The molecule has 0 amide bonds.